The lowest BCUT2D eigenvalue weighted by atomic mass is 9.96. The lowest BCUT2D eigenvalue weighted by Crippen LogP contribution is -2.11. The van der Waals surface area contributed by atoms with Gasteiger partial charge in [-0.2, -0.15) is 13.2 Å². The molecule has 0 aliphatic heterocycles. The molecule has 0 N–H and O–H groups in total. The van der Waals surface area contributed by atoms with Crippen molar-refractivity contribution >= 4 is 11.8 Å². The Hall–Kier alpha value is -0.640. The van der Waals surface area contributed by atoms with Gasteiger partial charge in [0.2, 0.25) is 0 Å². The van der Waals surface area contributed by atoms with E-state index in [9.17, 15) is 13.2 Å². The molecular formula is C14H19F3S. The maximum Gasteiger partial charge on any atom is 0.398 e. The van der Waals surface area contributed by atoms with E-state index in [0.29, 0.717) is 5.92 Å². The van der Waals surface area contributed by atoms with Gasteiger partial charge in [0, 0.05) is 4.90 Å². The van der Waals surface area contributed by atoms with Crippen molar-refractivity contribution in [1.29, 1.82) is 0 Å². The quantitative estimate of drug-likeness (QED) is 0.646. The summed E-state index contributed by atoms with van der Waals surface area (Å²) in [6.07, 6.45) is -4.12. The average Bonchev–Trinajstić information content (AvgIpc) is 2.24. The molecule has 0 unspecified atom stereocenters. The fourth-order valence-electron chi connectivity index (χ4n) is 1.67. The fourth-order valence-corrected chi connectivity index (χ4v) is 2.61. The first-order valence-electron chi connectivity index (χ1n) is 6.04. The SMILES string of the molecule is CC(C)c1ccc(SCC(F)(F)F)c(C(C)C)c1. The highest BCUT2D eigenvalue weighted by Crippen LogP contribution is 2.34. The maximum absolute atomic E-state index is 12.3. The Morgan fingerprint density at radius 3 is 2.11 bits per heavy atom. The first-order valence-corrected chi connectivity index (χ1v) is 7.02. The van der Waals surface area contributed by atoms with E-state index in [1.54, 1.807) is 0 Å². The molecule has 0 radical (unpaired) electrons. The Morgan fingerprint density at radius 1 is 1.06 bits per heavy atom. The average molecular weight is 276 g/mol. The summed E-state index contributed by atoms with van der Waals surface area (Å²) < 4.78 is 36.8. The number of hydrogen-bond donors (Lipinski definition) is 0. The second-order valence-corrected chi connectivity index (χ2v) is 6.03. The molecule has 0 heterocycles. The molecule has 0 fully saturated rings. The third-order valence-electron chi connectivity index (χ3n) is 2.71. The topological polar surface area (TPSA) is 0 Å². The van der Waals surface area contributed by atoms with E-state index >= 15 is 0 Å². The lowest BCUT2D eigenvalue weighted by Gasteiger charge is -2.16. The second-order valence-electron chi connectivity index (χ2n) is 5.01. The highest BCUT2D eigenvalue weighted by atomic mass is 32.2. The fraction of sp³-hybridized carbons (Fsp3) is 0.571. The smallest absolute Gasteiger partial charge is 0.170 e. The van der Waals surface area contributed by atoms with Crippen molar-refractivity contribution in [2.24, 2.45) is 0 Å². The molecule has 0 aromatic heterocycles. The van der Waals surface area contributed by atoms with Gasteiger partial charge >= 0.3 is 6.18 Å². The summed E-state index contributed by atoms with van der Waals surface area (Å²) in [7, 11) is 0. The highest BCUT2D eigenvalue weighted by molar-refractivity contribution is 7.99. The Kier molecular flexibility index (Phi) is 5.14. The van der Waals surface area contributed by atoms with E-state index in [4.69, 9.17) is 0 Å². The van der Waals surface area contributed by atoms with Crippen LogP contribution in [0.1, 0.15) is 50.7 Å². The van der Waals surface area contributed by atoms with Gasteiger partial charge in [-0.1, -0.05) is 39.8 Å². The number of benzene rings is 1. The van der Waals surface area contributed by atoms with Gasteiger partial charge in [0.15, 0.2) is 0 Å². The number of rotatable bonds is 4. The van der Waals surface area contributed by atoms with E-state index in [-0.39, 0.29) is 5.92 Å². The third-order valence-corrected chi connectivity index (χ3v) is 3.87. The molecule has 1 aromatic carbocycles. The molecule has 1 aromatic rings. The van der Waals surface area contributed by atoms with Crippen LogP contribution in [0.25, 0.3) is 0 Å². The summed E-state index contributed by atoms with van der Waals surface area (Å²) >= 11 is 0.878. The van der Waals surface area contributed by atoms with Crippen LogP contribution in [-0.4, -0.2) is 11.9 Å². The minimum absolute atomic E-state index is 0.236. The zero-order valence-electron chi connectivity index (χ0n) is 11.1. The summed E-state index contributed by atoms with van der Waals surface area (Å²) in [5.74, 6) is -0.197. The minimum Gasteiger partial charge on any atom is -0.170 e. The summed E-state index contributed by atoms with van der Waals surface area (Å²) in [6, 6.07) is 5.78. The molecule has 1 rings (SSSR count). The Morgan fingerprint density at radius 2 is 1.67 bits per heavy atom. The molecule has 102 valence electrons. The van der Waals surface area contributed by atoms with Crippen LogP contribution in [0, 0.1) is 0 Å². The molecule has 0 atom stereocenters. The largest absolute Gasteiger partial charge is 0.398 e. The van der Waals surface area contributed by atoms with Crippen molar-refractivity contribution in [2.45, 2.75) is 50.6 Å². The van der Waals surface area contributed by atoms with E-state index in [2.05, 4.69) is 13.8 Å². The van der Waals surface area contributed by atoms with Crippen molar-refractivity contribution in [1.82, 2.24) is 0 Å². The molecule has 0 spiro atoms. The summed E-state index contributed by atoms with van der Waals surface area (Å²) in [5.41, 5.74) is 2.19. The van der Waals surface area contributed by atoms with Crippen molar-refractivity contribution in [3.63, 3.8) is 0 Å². The number of halogens is 3. The molecule has 0 saturated heterocycles. The first kappa shape index (κ1) is 15.4. The van der Waals surface area contributed by atoms with E-state index in [1.165, 1.54) is 5.56 Å². The van der Waals surface area contributed by atoms with Gasteiger partial charge in [-0.05, 0) is 29.0 Å². The molecule has 0 aliphatic carbocycles. The van der Waals surface area contributed by atoms with Crippen LogP contribution in [0.5, 0.6) is 0 Å². The lowest BCUT2D eigenvalue weighted by molar-refractivity contribution is -0.105. The zero-order valence-corrected chi connectivity index (χ0v) is 12.0. The third kappa shape index (κ3) is 4.56. The van der Waals surface area contributed by atoms with Crippen molar-refractivity contribution in [3.8, 4) is 0 Å². The normalized spacial score (nSPS) is 12.5. The van der Waals surface area contributed by atoms with Crippen LogP contribution >= 0.6 is 11.8 Å². The Bertz CT molecular complexity index is 395. The van der Waals surface area contributed by atoms with Crippen LogP contribution in [0.15, 0.2) is 23.1 Å². The number of alkyl halides is 3. The van der Waals surface area contributed by atoms with Gasteiger partial charge in [0.05, 0.1) is 5.75 Å². The van der Waals surface area contributed by atoms with Crippen LogP contribution in [0.2, 0.25) is 0 Å². The summed E-state index contributed by atoms with van der Waals surface area (Å²) in [4.78, 5) is 0.742. The maximum atomic E-state index is 12.3. The minimum atomic E-state index is -4.12. The van der Waals surface area contributed by atoms with Crippen molar-refractivity contribution in [3.05, 3.63) is 29.3 Å². The Balaban J connectivity index is 2.97. The van der Waals surface area contributed by atoms with Crippen molar-refractivity contribution < 1.29 is 13.2 Å². The summed E-state index contributed by atoms with van der Waals surface area (Å²) in [6.45, 7) is 8.19. The van der Waals surface area contributed by atoms with E-state index in [1.807, 2.05) is 32.0 Å². The first-order chi connectivity index (χ1) is 8.20. The van der Waals surface area contributed by atoms with E-state index < -0.39 is 11.9 Å². The van der Waals surface area contributed by atoms with Gasteiger partial charge in [0.25, 0.3) is 0 Å². The molecule has 0 amide bonds. The zero-order chi connectivity index (χ0) is 13.9. The Labute approximate surface area is 111 Å². The van der Waals surface area contributed by atoms with E-state index in [0.717, 1.165) is 22.2 Å². The van der Waals surface area contributed by atoms with Crippen LogP contribution in [0.4, 0.5) is 13.2 Å². The van der Waals surface area contributed by atoms with Crippen LogP contribution in [0.3, 0.4) is 0 Å². The highest BCUT2D eigenvalue weighted by Gasteiger charge is 2.27. The van der Waals surface area contributed by atoms with Gasteiger partial charge in [-0.15, -0.1) is 11.8 Å². The molecule has 0 bridgehead atoms. The van der Waals surface area contributed by atoms with Gasteiger partial charge in [-0.3, -0.25) is 0 Å². The number of thioether (sulfide) groups is 1. The molecule has 0 saturated carbocycles. The second kappa shape index (κ2) is 6.00. The van der Waals surface area contributed by atoms with Crippen LogP contribution in [-0.2, 0) is 0 Å². The molecule has 18 heavy (non-hydrogen) atoms. The van der Waals surface area contributed by atoms with Gasteiger partial charge < -0.3 is 0 Å². The summed E-state index contributed by atoms with van der Waals surface area (Å²) in [5, 5.41) is 0. The van der Waals surface area contributed by atoms with Crippen molar-refractivity contribution in [2.75, 3.05) is 5.75 Å². The molecular weight excluding hydrogens is 257 g/mol. The van der Waals surface area contributed by atoms with Crippen LogP contribution < -0.4 is 0 Å². The monoisotopic (exact) mass is 276 g/mol. The predicted octanol–water partition coefficient (Wildman–Crippen LogP) is 5.59. The standard InChI is InChI=1S/C14H19F3S/c1-9(2)11-5-6-13(12(7-11)10(3)4)18-8-14(15,16)17/h5-7,9-10H,8H2,1-4H3. The molecule has 0 nitrogen and oxygen atoms in total. The van der Waals surface area contributed by atoms with Gasteiger partial charge in [0.1, 0.15) is 0 Å². The molecule has 0 aliphatic rings. The number of hydrogen-bond acceptors (Lipinski definition) is 1. The molecule has 4 heteroatoms. The van der Waals surface area contributed by atoms with Gasteiger partial charge in [-0.25, -0.2) is 0 Å². The predicted molar refractivity (Wildman–Crippen MR) is 71.4 cm³/mol.